The van der Waals surface area contributed by atoms with Crippen molar-refractivity contribution in [2.75, 3.05) is 32.7 Å². The maximum absolute atomic E-state index is 13.7. The normalized spacial score (nSPS) is 19.8. The molecule has 0 spiro atoms. The molecule has 7 heteroatoms. The minimum absolute atomic E-state index is 0.173. The number of hydrogen-bond donors (Lipinski definition) is 1. The number of benzene rings is 1. The lowest BCUT2D eigenvalue weighted by atomic mass is 10.1. The number of rotatable bonds is 3. The zero-order chi connectivity index (χ0) is 18.7. The third kappa shape index (κ3) is 4.45. The summed E-state index contributed by atoms with van der Waals surface area (Å²) in [4.78, 5) is 20.8. The minimum Gasteiger partial charge on any atom is -0.444 e. The average molecular weight is 362 g/mol. The van der Waals surface area contributed by atoms with Gasteiger partial charge in [-0.05, 0) is 38.8 Å². The van der Waals surface area contributed by atoms with Gasteiger partial charge < -0.3 is 19.9 Å². The molecule has 0 aromatic heterocycles. The quantitative estimate of drug-likeness (QED) is 0.896. The van der Waals surface area contributed by atoms with Crippen molar-refractivity contribution in [2.45, 2.75) is 38.8 Å². The number of piperazine rings is 1. The summed E-state index contributed by atoms with van der Waals surface area (Å²) >= 11 is 0. The monoisotopic (exact) mass is 362 g/mol. The smallest absolute Gasteiger partial charge is 0.410 e. The van der Waals surface area contributed by atoms with E-state index in [0.29, 0.717) is 38.2 Å². The molecule has 1 aromatic carbocycles. The Morgan fingerprint density at radius 2 is 2.12 bits per heavy atom. The van der Waals surface area contributed by atoms with Gasteiger partial charge in [-0.15, -0.1) is 0 Å². The van der Waals surface area contributed by atoms with Gasteiger partial charge in [0.25, 0.3) is 0 Å². The van der Waals surface area contributed by atoms with Gasteiger partial charge in [-0.25, -0.2) is 9.18 Å². The van der Waals surface area contributed by atoms with Crippen LogP contribution >= 0.6 is 0 Å². The van der Waals surface area contributed by atoms with Gasteiger partial charge in [0, 0.05) is 26.2 Å². The Bertz CT molecular complexity index is 686. The van der Waals surface area contributed by atoms with Gasteiger partial charge in [-0.3, -0.25) is 4.99 Å². The highest BCUT2D eigenvalue weighted by Gasteiger charge is 2.36. The summed E-state index contributed by atoms with van der Waals surface area (Å²) < 4.78 is 19.1. The predicted molar refractivity (Wildman–Crippen MR) is 98.7 cm³/mol. The van der Waals surface area contributed by atoms with Crippen molar-refractivity contribution in [1.82, 2.24) is 15.1 Å². The van der Waals surface area contributed by atoms with Crippen LogP contribution in [0, 0.1) is 5.82 Å². The van der Waals surface area contributed by atoms with E-state index in [4.69, 9.17) is 4.74 Å². The molecule has 142 valence electrons. The minimum atomic E-state index is -0.486. The molecule has 1 aromatic rings. The van der Waals surface area contributed by atoms with E-state index in [9.17, 15) is 9.18 Å². The Morgan fingerprint density at radius 1 is 1.35 bits per heavy atom. The lowest BCUT2D eigenvalue weighted by Crippen LogP contribution is -2.57. The van der Waals surface area contributed by atoms with Crippen LogP contribution in [0.4, 0.5) is 9.18 Å². The number of amides is 1. The number of aliphatic imine (C=N–C) groups is 1. The zero-order valence-corrected chi connectivity index (χ0v) is 15.7. The molecule has 2 heterocycles. The van der Waals surface area contributed by atoms with Gasteiger partial charge in [-0.1, -0.05) is 18.2 Å². The third-order valence-corrected chi connectivity index (χ3v) is 4.49. The van der Waals surface area contributed by atoms with Crippen LogP contribution in [0.1, 0.15) is 26.3 Å². The molecule has 0 bridgehead atoms. The average Bonchev–Trinajstić information content (AvgIpc) is 2.97. The van der Waals surface area contributed by atoms with E-state index < -0.39 is 5.60 Å². The van der Waals surface area contributed by atoms with Crippen LogP contribution in [0.15, 0.2) is 29.3 Å². The molecule has 2 aliphatic rings. The first-order valence-electron chi connectivity index (χ1n) is 9.10. The topological polar surface area (TPSA) is 57.2 Å². The number of fused-ring (bicyclic) bond motifs is 1. The summed E-state index contributed by atoms with van der Waals surface area (Å²) in [6.07, 6.45) is 0.340. The molecule has 1 unspecified atom stereocenters. The van der Waals surface area contributed by atoms with Gasteiger partial charge in [-0.2, -0.15) is 0 Å². The molecule has 0 radical (unpaired) electrons. The molecule has 1 fully saturated rings. The predicted octanol–water partition coefficient (Wildman–Crippen LogP) is 2.25. The number of guanidine groups is 1. The summed E-state index contributed by atoms with van der Waals surface area (Å²) in [6, 6.07) is 7.00. The number of carbonyl (C=O) groups excluding carboxylic acids is 1. The van der Waals surface area contributed by atoms with Gasteiger partial charge in [0.2, 0.25) is 0 Å². The summed E-state index contributed by atoms with van der Waals surface area (Å²) in [5.41, 5.74) is 0.213. The van der Waals surface area contributed by atoms with Crippen molar-refractivity contribution in [3.8, 4) is 0 Å². The molecule has 3 rings (SSSR count). The second-order valence-electron chi connectivity index (χ2n) is 7.71. The van der Waals surface area contributed by atoms with Crippen molar-refractivity contribution in [1.29, 1.82) is 0 Å². The highest BCUT2D eigenvalue weighted by atomic mass is 19.1. The fourth-order valence-corrected chi connectivity index (χ4v) is 3.23. The highest BCUT2D eigenvalue weighted by molar-refractivity contribution is 5.82. The van der Waals surface area contributed by atoms with Crippen LogP contribution in [0.3, 0.4) is 0 Å². The Labute approximate surface area is 154 Å². The first-order chi connectivity index (χ1) is 12.3. The maximum atomic E-state index is 13.7. The second-order valence-corrected chi connectivity index (χ2v) is 7.71. The molecule has 1 amide bonds. The van der Waals surface area contributed by atoms with E-state index in [0.717, 1.165) is 12.5 Å². The van der Waals surface area contributed by atoms with Crippen LogP contribution < -0.4 is 5.32 Å². The third-order valence-electron chi connectivity index (χ3n) is 4.49. The number of carbonyl (C=O) groups is 1. The summed E-state index contributed by atoms with van der Waals surface area (Å²) in [5.74, 6) is 0.668. The molecule has 1 saturated heterocycles. The van der Waals surface area contributed by atoms with Crippen molar-refractivity contribution in [2.24, 2.45) is 4.99 Å². The molecule has 0 saturated carbocycles. The molecular weight excluding hydrogens is 335 g/mol. The number of nitrogens with zero attached hydrogens (tertiary/aromatic N) is 3. The van der Waals surface area contributed by atoms with Crippen molar-refractivity contribution < 1.29 is 13.9 Å². The maximum Gasteiger partial charge on any atom is 0.410 e. The fraction of sp³-hybridized carbons (Fsp3) is 0.579. The van der Waals surface area contributed by atoms with E-state index in [-0.39, 0.29) is 18.0 Å². The van der Waals surface area contributed by atoms with Crippen LogP contribution in [0.5, 0.6) is 0 Å². The van der Waals surface area contributed by atoms with E-state index in [1.54, 1.807) is 17.0 Å². The molecule has 6 nitrogen and oxygen atoms in total. The second kappa shape index (κ2) is 7.51. The van der Waals surface area contributed by atoms with E-state index in [1.807, 2.05) is 26.8 Å². The lowest BCUT2D eigenvalue weighted by Gasteiger charge is -2.39. The lowest BCUT2D eigenvalue weighted by molar-refractivity contribution is 0.0137. The van der Waals surface area contributed by atoms with E-state index in [2.05, 4.69) is 15.2 Å². The van der Waals surface area contributed by atoms with Crippen LogP contribution in [-0.2, 0) is 11.2 Å². The van der Waals surface area contributed by atoms with Gasteiger partial charge in [0.1, 0.15) is 11.4 Å². The van der Waals surface area contributed by atoms with Crippen LogP contribution in [0.2, 0.25) is 0 Å². The Kier molecular flexibility index (Phi) is 5.34. The molecule has 1 atom stereocenters. The van der Waals surface area contributed by atoms with Crippen molar-refractivity contribution >= 4 is 12.1 Å². The Morgan fingerprint density at radius 3 is 2.85 bits per heavy atom. The molecule has 2 aliphatic heterocycles. The van der Waals surface area contributed by atoms with E-state index in [1.165, 1.54) is 6.07 Å². The van der Waals surface area contributed by atoms with Gasteiger partial charge >= 0.3 is 6.09 Å². The van der Waals surface area contributed by atoms with Crippen molar-refractivity contribution in [3.63, 3.8) is 0 Å². The SMILES string of the molecule is CC(C)(C)OC(=O)N1CCN2C(NCCc3ccccc3F)=NCC2C1. The number of ether oxygens (including phenoxy) is 1. The molecular formula is C19H27FN4O2. The number of halogens is 1. The van der Waals surface area contributed by atoms with Crippen LogP contribution in [-0.4, -0.2) is 66.2 Å². The standard InChI is InChI=1S/C19H27FN4O2/c1-19(2,3)26-18(25)23-10-11-24-15(13-23)12-22-17(24)21-9-8-14-6-4-5-7-16(14)20/h4-7,15H,8-13H2,1-3H3,(H,21,22). The molecule has 0 aliphatic carbocycles. The van der Waals surface area contributed by atoms with Gasteiger partial charge in [0.05, 0.1) is 12.6 Å². The largest absolute Gasteiger partial charge is 0.444 e. The fourth-order valence-electron chi connectivity index (χ4n) is 3.23. The zero-order valence-electron chi connectivity index (χ0n) is 15.7. The Hall–Kier alpha value is -2.31. The summed E-state index contributed by atoms with van der Waals surface area (Å²) in [5, 5.41) is 3.31. The summed E-state index contributed by atoms with van der Waals surface area (Å²) in [6.45, 7) is 8.83. The first kappa shape index (κ1) is 18.5. The Balaban J connectivity index is 1.48. The highest BCUT2D eigenvalue weighted by Crippen LogP contribution is 2.18. The summed E-state index contributed by atoms with van der Waals surface area (Å²) in [7, 11) is 0. The molecule has 1 N–H and O–H groups in total. The van der Waals surface area contributed by atoms with Gasteiger partial charge in [0.15, 0.2) is 5.96 Å². The van der Waals surface area contributed by atoms with E-state index >= 15 is 0 Å². The first-order valence-corrected chi connectivity index (χ1v) is 9.10. The van der Waals surface area contributed by atoms with Crippen LogP contribution in [0.25, 0.3) is 0 Å². The molecule has 26 heavy (non-hydrogen) atoms. The van der Waals surface area contributed by atoms with Crippen molar-refractivity contribution in [3.05, 3.63) is 35.6 Å². The number of hydrogen-bond acceptors (Lipinski definition) is 5. The number of nitrogens with one attached hydrogen (secondary N) is 1.